The van der Waals surface area contributed by atoms with Gasteiger partial charge in [-0.3, -0.25) is 4.79 Å². The normalized spacial score (nSPS) is 19.6. The molecule has 1 saturated heterocycles. The second kappa shape index (κ2) is 4.89. The van der Waals surface area contributed by atoms with Gasteiger partial charge in [0.2, 0.25) is 5.76 Å². The van der Waals surface area contributed by atoms with Gasteiger partial charge in [0.1, 0.15) is 0 Å². The molecule has 3 heterocycles. The van der Waals surface area contributed by atoms with Gasteiger partial charge in [0.05, 0.1) is 19.0 Å². The van der Waals surface area contributed by atoms with Gasteiger partial charge >= 0.3 is 0 Å². The minimum absolute atomic E-state index is 0.0501. The molecule has 1 aliphatic rings. The van der Waals surface area contributed by atoms with Crippen LogP contribution in [0.5, 0.6) is 0 Å². The molecule has 1 aliphatic heterocycles. The largest absolute Gasteiger partial charge is 0.461 e. The van der Waals surface area contributed by atoms with E-state index in [0.29, 0.717) is 36.9 Å². The number of furan rings is 1. The van der Waals surface area contributed by atoms with Crippen molar-refractivity contribution in [3.05, 3.63) is 30.2 Å². The van der Waals surface area contributed by atoms with Gasteiger partial charge < -0.3 is 18.6 Å². The van der Waals surface area contributed by atoms with E-state index < -0.39 is 0 Å². The monoisotopic (exact) mass is 262 g/mol. The molecule has 6 heteroatoms. The van der Waals surface area contributed by atoms with E-state index in [0.717, 1.165) is 0 Å². The van der Waals surface area contributed by atoms with Crippen molar-refractivity contribution in [3.63, 3.8) is 0 Å². The molecule has 1 fully saturated rings. The maximum absolute atomic E-state index is 12.2. The Labute approximate surface area is 109 Å². The van der Waals surface area contributed by atoms with Gasteiger partial charge in [0.25, 0.3) is 5.91 Å². The van der Waals surface area contributed by atoms with Gasteiger partial charge in [-0.15, -0.1) is 0 Å². The molecule has 2 aromatic rings. The fourth-order valence-electron chi connectivity index (χ4n) is 2.08. The number of nitrogens with zero attached hydrogens (tertiary/aromatic N) is 2. The second-order valence-electron chi connectivity index (χ2n) is 4.49. The molecule has 0 unspecified atom stereocenters. The topological polar surface area (TPSA) is 68.7 Å². The van der Waals surface area contributed by atoms with Crippen LogP contribution in [0.2, 0.25) is 0 Å². The van der Waals surface area contributed by atoms with Gasteiger partial charge in [-0.05, 0) is 19.1 Å². The summed E-state index contributed by atoms with van der Waals surface area (Å²) in [6.45, 7) is 3.64. The van der Waals surface area contributed by atoms with Crippen molar-refractivity contribution in [3.8, 4) is 11.5 Å². The highest BCUT2D eigenvalue weighted by Crippen LogP contribution is 2.21. The molecule has 6 nitrogen and oxygen atoms in total. The van der Waals surface area contributed by atoms with Crippen molar-refractivity contribution >= 4 is 5.91 Å². The first kappa shape index (κ1) is 12.0. The maximum atomic E-state index is 12.2. The molecule has 0 aromatic carbocycles. The summed E-state index contributed by atoms with van der Waals surface area (Å²) in [5.74, 6) is 0.869. The molecule has 0 aliphatic carbocycles. The summed E-state index contributed by atoms with van der Waals surface area (Å²) in [6.07, 6.45) is 1.59. The number of morpholine rings is 1. The lowest BCUT2D eigenvalue weighted by atomic mass is 10.2. The Balaban J connectivity index is 1.77. The molecule has 2 aromatic heterocycles. The van der Waals surface area contributed by atoms with Gasteiger partial charge in [-0.1, -0.05) is 5.16 Å². The Morgan fingerprint density at radius 1 is 1.47 bits per heavy atom. The number of carbonyl (C=O) groups is 1. The molecule has 100 valence electrons. The second-order valence-corrected chi connectivity index (χ2v) is 4.49. The highest BCUT2D eigenvalue weighted by Gasteiger charge is 2.25. The van der Waals surface area contributed by atoms with Gasteiger partial charge in [0.15, 0.2) is 11.5 Å². The van der Waals surface area contributed by atoms with Crippen LogP contribution in [0.25, 0.3) is 11.5 Å². The van der Waals surface area contributed by atoms with E-state index in [-0.39, 0.29) is 12.0 Å². The van der Waals surface area contributed by atoms with Crippen molar-refractivity contribution in [1.29, 1.82) is 0 Å². The van der Waals surface area contributed by atoms with Crippen molar-refractivity contribution < 1.29 is 18.5 Å². The molecule has 0 bridgehead atoms. The zero-order valence-electron chi connectivity index (χ0n) is 10.5. The van der Waals surface area contributed by atoms with Crippen LogP contribution in [0.1, 0.15) is 17.4 Å². The van der Waals surface area contributed by atoms with Crippen LogP contribution in [0.4, 0.5) is 0 Å². The molecule has 1 amide bonds. The molecular formula is C13H14N2O4. The minimum Gasteiger partial charge on any atom is -0.461 e. The number of rotatable bonds is 2. The third kappa shape index (κ3) is 2.39. The van der Waals surface area contributed by atoms with Crippen LogP contribution in [0.3, 0.4) is 0 Å². The van der Waals surface area contributed by atoms with E-state index in [1.807, 2.05) is 6.92 Å². The Hall–Kier alpha value is -2.08. The highest BCUT2D eigenvalue weighted by molar-refractivity contribution is 5.93. The van der Waals surface area contributed by atoms with Crippen molar-refractivity contribution in [2.75, 3.05) is 19.7 Å². The molecule has 1 atom stereocenters. The number of ether oxygens (including phenoxy) is 1. The third-order valence-electron chi connectivity index (χ3n) is 3.02. The molecule has 0 spiro atoms. The summed E-state index contributed by atoms with van der Waals surface area (Å²) in [5.41, 5.74) is 0.292. The summed E-state index contributed by atoms with van der Waals surface area (Å²) < 4.78 is 15.7. The fourth-order valence-corrected chi connectivity index (χ4v) is 2.08. The lowest BCUT2D eigenvalue weighted by Gasteiger charge is -2.30. The Bertz CT molecular complexity index is 561. The van der Waals surface area contributed by atoms with Crippen LogP contribution >= 0.6 is 0 Å². The Morgan fingerprint density at radius 2 is 2.37 bits per heavy atom. The average molecular weight is 262 g/mol. The first-order valence-corrected chi connectivity index (χ1v) is 6.15. The van der Waals surface area contributed by atoms with Crippen LogP contribution in [0.15, 0.2) is 33.4 Å². The van der Waals surface area contributed by atoms with Crippen molar-refractivity contribution in [1.82, 2.24) is 10.1 Å². The fraction of sp³-hybridized carbons (Fsp3) is 0.385. The Kier molecular flexibility index (Phi) is 3.08. The average Bonchev–Trinajstić information content (AvgIpc) is 3.08. The number of hydrogen-bond acceptors (Lipinski definition) is 5. The van der Waals surface area contributed by atoms with E-state index in [4.69, 9.17) is 13.7 Å². The van der Waals surface area contributed by atoms with E-state index in [1.54, 1.807) is 29.4 Å². The summed E-state index contributed by atoms with van der Waals surface area (Å²) in [7, 11) is 0. The molecule has 0 N–H and O–H groups in total. The van der Waals surface area contributed by atoms with E-state index in [2.05, 4.69) is 5.16 Å². The summed E-state index contributed by atoms with van der Waals surface area (Å²) in [4.78, 5) is 14.0. The summed E-state index contributed by atoms with van der Waals surface area (Å²) in [5, 5.41) is 3.81. The maximum Gasteiger partial charge on any atom is 0.276 e. The number of aromatic nitrogens is 1. The summed E-state index contributed by atoms with van der Waals surface area (Å²) in [6, 6.07) is 5.11. The molecular weight excluding hydrogens is 248 g/mol. The van der Waals surface area contributed by atoms with Gasteiger partial charge in [0, 0.05) is 19.2 Å². The molecule has 3 rings (SSSR count). The SMILES string of the molecule is C[C@H]1CN(C(=O)c2cc(-c3ccco3)on2)CCO1. The number of carbonyl (C=O) groups excluding carboxylic acids is 1. The van der Waals surface area contributed by atoms with E-state index in [1.165, 1.54) is 0 Å². The van der Waals surface area contributed by atoms with E-state index >= 15 is 0 Å². The Morgan fingerprint density at radius 3 is 3.11 bits per heavy atom. The highest BCUT2D eigenvalue weighted by atomic mass is 16.5. The van der Waals surface area contributed by atoms with Crippen LogP contribution < -0.4 is 0 Å². The predicted molar refractivity (Wildman–Crippen MR) is 65.5 cm³/mol. The zero-order chi connectivity index (χ0) is 13.2. The van der Waals surface area contributed by atoms with Gasteiger partial charge in [-0.25, -0.2) is 0 Å². The first-order chi connectivity index (χ1) is 9.24. The minimum atomic E-state index is -0.142. The quantitative estimate of drug-likeness (QED) is 0.825. The lowest BCUT2D eigenvalue weighted by Crippen LogP contribution is -2.44. The first-order valence-electron chi connectivity index (χ1n) is 6.15. The molecule has 0 saturated carbocycles. The standard InChI is InChI=1S/C13H14N2O4/c1-9-8-15(4-6-17-9)13(16)10-7-12(19-14-10)11-3-2-5-18-11/h2-3,5,7,9H,4,6,8H2,1H3/t9-/m0/s1. The van der Waals surface area contributed by atoms with Crippen LogP contribution in [0, 0.1) is 0 Å². The third-order valence-corrected chi connectivity index (χ3v) is 3.02. The lowest BCUT2D eigenvalue weighted by molar-refractivity contribution is -0.0127. The molecule has 0 radical (unpaired) electrons. The zero-order valence-corrected chi connectivity index (χ0v) is 10.5. The summed E-state index contributed by atoms with van der Waals surface area (Å²) >= 11 is 0. The number of hydrogen-bond donors (Lipinski definition) is 0. The smallest absolute Gasteiger partial charge is 0.276 e. The van der Waals surface area contributed by atoms with Crippen molar-refractivity contribution in [2.45, 2.75) is 13.0 Å². The van der Waals surface area contributed by atoms with E-state index in [9.17, 15) is 4.79 Å². The predicted octanol–water partition coefficient (Wildman–Crippen LogP) is 1.80. The van der Waals surface area contributed by atoms with Gasteiger partial charge in [-0.2, -0.15) is 0 Å². The molecule has 19 heavy (non-hydrogen) atoms. The van der Waals surface area contributed by atoms with Crippen LogP contribution in [-0.4, -0.2) is 41.8 Å². The van der Waals surface area contributed by atoms with Crippen molar-refractivity contribution in [2.24, 2.45) is 0 Å². The van der Waals surface area contributed by atoms with Crippen LogP contribution in [-0.2, 0) is 4.74 Å². The number of amides is 1.